The molecular formula is C24H41N3O9. The van der Waals surface area contributed by atoms with Gasteiger partial charge in [-0.2, -0.15) is 0 Å². The van der Waals surface area contributed by atoms with Crippen LogP contribution in [0.3, 0.4) is 0 Å². The number of aliphatic hydroxyl groups excluding tert-OH is 3. The number of rotatable bonds is 20. The Kier molecular flexibility index (Phi) is 9.69. The fourth-order valence-corrected chi connectivity index (χ4v) is 6.14. The predicted octanol–water partition coefficient (Wildman–Crippen LogP) is -1.03. The molecule has 0 radical (unpaired) electrons. The summed E-state index contributed by atoms with van der Waals surface area (Å²) in [6.07, 6.45) is 0.285. The van der Waals surface area contributed by atoms with Crippen molar-refractivity contribution in [2.24, 2.45) is 10.8 Å². The van der Waals surface area contributed by atoms with Crippen LogP contribution in [-0.4, -0.2) is 140 Å². The lowest BCUT2D eigenvalue weighted by atomic mass is 9.54. The summed E-state index contributed by atoms with van der Waals surface area (Å²) >= 11 is 0. The summed E-state index contributed by atoms with van der Waals surface area (Å²) in [5, 5.41) is 60.4. The number of carboxylic acid groups (broad SMARTS) is 3. The van der Waals surface area contributed by atoms with Crippen molar-refractivity contribution in [2.45, 2.75) is 63.1 Å². The zero-order valence-corrected chi connectivity index (χ0v) is 20.8. The third-order valence-corrected chi connectivity index (χ3v) is 8.43. The predicted molar refractivity (Wildman–Crippen MR) is 127 cm³/mol. The lowest BCUT2D eigenvalue weighted by molar-refractivity contribution is -0.141. The van der Waals surface area contributed by atoms with E-state index in [1.54, 1.807) is 0 Å². The Balaban J connectivity index is 2.10. The molecule has 0 aromatic heterocycles. The van der Waals surface area contributed by atoms with Gasteiger partial charge < -0.3 is 30.6 Å². The molecule has 0 aromatic carbocycles. The number of carbonyl (C=O) groups is 3. The van der Waals surface area contributed by atoms with Gasteiger partial charge >= 0.3 is 17.9 Å². The number of carboxylic acids is 3. The highest BCUT2D eigenvalue weighted by molar-refractivity contribution is 5.68. The van der Waals surface area contributed by atoms with Crippen molar-refractivity contribution in [2.75, 3.05) is 59.1 Å². The van der Waals surface area contributed by atoms with Crippen LogP contribution < -0.4 is 0 Å². The average Bonchev–Trinajstić information content (AvgIpc) is 3.64. The van der Waals surface area contributed by atoms with E-state index in [1.807, 2.05) is 14.7 Å². The first-order valence-electron chi connectivity index (χ1n) is 12.8. The largest absolute Gasteiger partial charge is 0.481 e. The van der Waals surface area contributed by atoms with E-state index in [0.29, 0.717) is 39.3 Å². The highest BCUT2D eigenvalue weighted by atomic mass is 16.4. The Hall–Kier alpha value is -1.83. The van der Waals surface area contributed by atoms with Crippen molar-refractivity contribution < 1.29 is 45.0 Å². The molecule has 3 heterocycles. The summed E-state index contributed by atoms with van der Waals surface area (Å²) in [7, 11) is 0. The molecular weight excluding hydrogens is 474 g/mol. The topological polar surface area (TPSA) is 182 Å². The molecule has 12 nitrogen and oxygen atoms in total. The van der Waals surface area contributed by atoms with Gasteiger partial charge in [0.05, 0.1) is 32.5 Å². The quantitative estimate of drug-likeness (QED) is 0.109. The number of hydrogen-bond acceptors (Lipinski definition) is 9. The molecule has 206 valence electrons. The molecule has 12 heteroatoms. The van der Waals surface area contributed by atoms with Crippen LogP contribution in [0.5, 0.6) is 0 Å². The lowest BCUT2D eigenvalue weighted by Gasteiger charge is -2.53. The Bertz CT molecular complexity index is 695. The van der Waals surface area contributed by atoms with Crippen LogP contribution in [0, 0.1) is 10.8 Å². The summed E-state index contributed by atoms with van der Waals surface area (Å²) in [6.45, 7) is 2.97. The number of aliphatic carboxylic acids is 3. The van der Waals surface area contributed by atoms with E-state index < -0.39 is 60.1 Å². The molecule has 0 amide bonds. The van der Waals surface area contributed by atoms with Crippen molar-refractivity contribution in [3.05, 3.63) is 0 Å². The molecule has 0 bridgehead atoms. The fourth-order valence-electron chi connectivity index (χ4n) is 6.14. The summed E-state index contributed by atoms with van der Waals surface area (Å²) in [5.74, 6) is -2.95. The summed E-state index contributed by atoms with van der Waals surface area (Å²) in [6, 6.07) is -1.26. The SMILES string of the molecule is O=C(O)CC(CC(CC(CC(=O)O)N1CC1)(CC(CC(=O)O)N1CC1)C(CO)(CO)CCO)N1CC1. The molecule has 0 saturated carbocycles. The Morgan fingerprint density at radius 3 is 1.08 bits per heavy atom. The Labute approximate surface area is 211 Å². The van der Waals surface area contributed by atoms with Crippen molar-refractivity contribution in [1.29, 1.82) is 0 Å². The maximum atomic E-state index is 11.8. The third-order valence-electron chi connectivity index (χ3n) is 8.43. The first kappa shape index (κ1) is 28.7. The molecule has 36 heavy (non-hydrogen) atoms. The first-order valence-corrected chi connectivity index (χ1v) is 12.8. The highest BCUT2D eigenvalue weighted by Crippen LogP contribution is 2.55. The second-order valence-electron chi connectivity index (χ2n) is 10.8. The van der Waals surface area contributed by atoms with Gasteiger partial charge in [0, 0.05) is 69.4 Å². The van der Waals surface area contributed by atoms with E-state index in [1.165, 1.54) is 0 Å². The first-order chi connectivity index (χ1) is 17.1. The van der Waals surface area contributed by atoms with E-state index in [0.717, 1.165) is 0 Å². The standard InChI is InChI=1S/C24H41N3O9/c28-8-1-23(15-29,16-30)24(12-17(9-20(31)32)25-2-3-25,13-18(10-21(33)34)26-4-5-26)14-19(11-22(35)36)27-6-7-27/h17-19,28-30H,1-16H2,(H,31,32)(H,33,34)(H,35,36). The van der Waals surface area contributed by atoms with E-state index in [9.17, 15) is 45.0 Å². The molecule has 6 N–H and O–H groups in total. The van der Waals surface area contributed by atoms with Crippen LogP contribution in [0.2, 0.25) is 0 Å². The zero-order chi connectivity index (χ0) is 26.5. The van der Waals surface area contributed by atoms with Gasteiger partial charge in [-0.25, -0.2) is 0 Å². The number of hydrogen-bond donors (Lipinski definition) is 6. The summed E-state index contributed by atoms with van der Waals surface area (Å²) in [5.41, 5.74) is -2.28. The maximum Gasteiger partial charge on any atom is 0.304 e. The minimum absolute atomic E-state index is 0.0272. The molecule has 0 aromatic rings. The van der Waals surface area contributed by atoms with Gasteiger partial charge in [0.25, 0.3) is 0 Å². The van der Waals surface area contributed by atoms with Gasteiger partial charge in [-0.15, -0.1) is 0 Å². The maximum absolute atomic E-state index is 11.8. The fraction of sp³-hybridized carbons (Fsp3) is 0.875. The van der Waals surface area contributed by atoms with Crippen LogP contribution >= 0.6 is 0 Å². The molecule has 0 spiro atoms. The third kappa shape index (κ3) is 7.36. The van der Waals surface area contributed by atoms with Crippen molar-refractivity contribution in [1.82, 2.24) is 14.7 Å². The Morgan fingerprint density at radius 2 is 0.889 bits per heavy atom. The van der Waals surface area contributed by atoms with Crippen molar-refractivity contribution in [3.63, 3.8) is 0 Å². The molecule has 3 fully saturated rings. The number of aliphatic hydroxyl groups is 3. The van der Waals surface area contributed by atoms with Gasteiger partial charge in [0.15, 0.2) is 0 Å². The molecule has 3 rings (SSSR count). The van der Waals surface area contributed by atoms with E-state index >= 15 is 0 Å². The van der Waals surface area contributed by atoms with Gasteiger partial charge in [0.2, 0.25) is 0 Å². The van der Waals surface area contributed by atoms with E-state index in [2.05, 4.69) is 0 Å². The van der Waals surface area contributed by atoms with Crippen LogP contribution in [-0.2, 0) is 14.4 Å². The average molecular weight is 516 g/mol. The number of nitrogens with zero attached hydrogens (tertiary/aromatic N) is 3. The Morgan fingerprint density at radius 1 is 0.583 bits per heavy atom. The summed E-state index contributed by atoms with van der Waals surface area (Å²) < 4.78 is 0. The minimum atomic E-state index is -1.26. The molecule has 3 aliphatic rings. The van der Waals surface area contributed by atoms with Crippen LogP contribution in [0.15, 0.2) is 0 Å². The van der Waals surface area contributed by atoms with Crippen molar-refractivity contribution >= 4 is 17.9 Å². The van der Waals surface area contributed by atoms with Gasteiger partial charge in [-0.3, -0.25) is 29.1 Å². The van der Waals surface area contributed by atoms with Crippen LogP contribution in [0.4, 0.5) is 0 Å². The van der Waals surface area contributed by atoms with Gasteiger partial charge in [-0.05, 0) is 31.1 Å². The molecule has 3 saturated heterocycles. The van der Waals surface area contributed by atoms with Crippen molar-refractivity contribution in [3.8, 4) is 0 Å². The molecule has 3 aliphatic heterocycles. The monoisotopic (exact) mass is 515 g/mol. The minimum Gasteiger partial charge on any atom is -0.481 e. The second kappa shape index (κ2) is 12.1. The second-order valence-corrected chi connectivity index (χ2v) is 10.8. The smallest absolute Gasteiger partial charge is 0.304 e. The summed E-state index contributed by atoms with van der Waals surface area (Å²) in [4.78, 5) is 41.4. The van der Waals surface area contributed by atoms with E-state index in [-0.39, 0.29) is 51.6 Å². The molecule has 3 unspecified atom stereocenters. The van der Waals surface area contributed by atoms with Crippen LogP contribution in [0.1, 0.15) is 44.9 Å². The normalized spacial score (nSPS) is 22.4. The van der Waals surface area contributed by atoms with Gasteiger partial charge in [0.1, 0.15) is 0 Å². The zero-order valence-electron chi connectivity index (χ0n) is 20.8. The molecule has 3 atom stereocenters. The van der Waals surface area contributed by atoms with Crippen LogP contribution in [0.25, 0.3) is 0 Å². The highest BCUT2D eigenvalue weighted by Gasteiger charge is 2.56. The molecule has 0 aliphatic carbocycles. The van der Waals surface area contributed by atoms with E-state index in [4.69, 9.17) is 0 Å². The lowest BCUT2D eigenvalue weighted by Crippen LogP contribution is -2.55. The van der Waals surface area contributed by atoms with Gasteiger partial charge in [-0.1, -0.05) is 0 Å².